The lowest BCUT2D eigenvalue weighted by Gasteiger charge is -2.33. The first-order chi connectivity index (χ1) is 8.76. The molecule has 6 heteroatoms. The molecule has 1 fully saturated rings. The summed E-state index contributed by atoms with van der Waals surface area (Å²) in [4.78, 5) is 2.30. The Morgan fingerprint density at radius 2 is 2.00 bits per heavy atom. The Bertz CT molecular complexity index is 426. The highest BCUT2D eigenvalue weighted by Gasteiger charge is 2.20. The Labute approximate surface area is 132 Å². The number of benzene rings is 1. The van der Waals surface area contributed by atoms with Gasteiger partial charge in [0.05, 0.1) is 13.2 Å². The van der Waals surface area contributed by atoms with Crippen LogP contribution >= 0.6 is 24.8 Å². The minimum Gasteiger partial charge on any atom is -0.494 e. The average Bonchev–Trinajstić information content (AvgIpc) is 2.41. The summed E-state index contributed by atoms with van der Waals surface area (Å²) >= 11 is 0. The highest BCUT2D eigenvalue weighted by molar-refractivity contribution is 5.85. The lowest BCUT2D eigenvalue weighted by molar-refractivity contribution is 0.203. The molecule has 1 saturated heterocycles. The van der Waals surface area contributed by atoms with Crippen molar-refractivity contribution in [2.45, 2.75) is 6.04 Å². The fourth-order valence-corrected chi connectivity index (χ4v) is 2.32. The quantitative estimate of drug-likeness (QED) is 0.863. The Morgan fingerprint density at radius 1 is 1.35 bits per heavy atom. The van der Waals surface area contributed by atoms with Gasteiger partial charge in [0.25, 0.3) is 0 Å². The van der Waals surface area contributed by atoms with E-state index in [0.29, 0.717) is 0 Å². The van der Waals surface area contributed by atoms with Gasteiger partial charge in [-0.1, -0.05) is 12.1 Å². The molecular formula is C14H21Cl2FN2O. The molecule has 1 aromatic carbocycles. The highest BCUT2D eigenvalue weighted by Crippen LogP contribution is 2.26. The van der Waals surface area contributed by atoms with Gasteiger partial charge in [0, 0.05) is 26.2 Å². The SMILES string of the molecule is C=C[C@H](c1ccc(OC)c(F)c1)N1CCNCC1.Cl.Cl. The molecule has 1 aromatic rings. The molecule has 1 atom stereocenters. The number of piperazine rings is 1. The van der Waals surface area contributed by atoms with E-state index < -0.39 is 0 Å². The average molecular weight is 323 g/mol. The van der Waals surface area contributed by atoms with Gasteiger partial charge in [-0.25, -0.2) is 4.39 Å². The third-order valence-corrected chi connectivity index (χ3v) is 3.29. The molecule has 2 rings (SSSR count). The molecule has 0 bridgehead atoms. The van der Waals surface area contributed by atoms with Crippen molar-refractivity contribution in [1.29, 1.82) is 0 Å². The molecule has 114 valence electrons. The lowest BCUT2D eigenvalue weighted by atomic mass is 10.0. The van der Waals surface area contributed by atoms with Gasteiger partial charge in [-0.15, -0.1) is 31.4 Å². The van der Waals surface area contributed by atoms with E-state index in [0.717, 1.165) is 31.7 Å². The van der Waals surface area contributed by atoms with Crippen molar-refractivity contribution in [1.82, 2.24) is 10.2 Å². The molecule has 0 spiro atoms. The Kier molecular flexibility index (Phi) is 8.81. The van der Waals surface area contributed by atoms with Crippen LogP contribution in [0.5, 0.6) is 5.75 Å². The fraction of sp³-hybridized carbons (Fsp3) is 0.429. The van der Waals surface area contributed by atoms with Crippen molar-refractivity contribution >= 4 is 24.8 Å². The van der Waals surface area contributed by atoms with E-state index in [1.165, 1.54) is 13.2 Å². The predicted molar refractivity (Wildman–Crippen MR) is 84.8 cm³/mol. The van der Waals surface area contributed by atoms with Gasteiger partial charge in [-0.3, -0.25) is 4.90 Å². The van der Waals surface area contributed by atoms with E-state index in [1.807, 2.05) is 12.1 Å². The lowest BCUT2D eigenvalue weighted by Crippen LogP contribution is -2.44. The number of rotatable bonds is 4. The van der Waals surface area contributed by atoms with Crippen LogP contribution in [0.15, 0.2) is 30.9 Å². The number of methoxy groups -OCH3 is 1. The molecule has 1 heterocycles. The molecule has 1 aliphatic rings. The topological polar surface area (TPSA) is 24.5 Å². The van der Waals surface area contributed by atoms with Crippen molar-refractivity contribution in [3.8, 4) is 5.75 Å². The van der Waals surface area contributed by atoms with Crippen molar-refractivity contribution in [2.75, 3.05) is 33.3 Å². The van der Waals surface area contributed by atoms with Gasteiger partial charge in [0.15, 0.2) is 11.6 Å². The number of nitrogens with one attached hydrogen (secondary N) is 1. The summed E-state index contributed by atoms with van der Waals surface area (Å²) in [5.41, 5.74) is 0.921. The van der Waals surface area contributed by atoms with E-state index in [-0.39, 0.29) is 42.4 Å². The standard InChI is InChI=1S/C14H19FN2O.2ClH/c1-3-13(17-8-6-16-7-9-17)11-4-5-14(18-2)12(15)10-11;;/h3-5,10,13,16H,1,6-9H2,2H3;2*1H/t13-;;/m1../s1. The second-order valence-electron chi connectivity index (χ2n) is 4.36. The van der Waals surface area contributed by atoms with Crippen LogP contribution in [-0.2, 0) is 0 Å². The first kappa shape index (κ1) is 19.2. The minimum atomic E-state index is -0.322. The van der Waals surface area contributed by atoms with Gasteiger partial charge < -0.3 is 10.1 Å². The van der Waals surface area contributed by atoms with Gasteiger partial charge >= 0.3 is 0 Å². The molecular weight excluding hydrogens is 302 g/mol. The number of nitrogens with zero attached hydrogens (tertiary/aromatic N) is 1. The van der Waals surface area contributed by atoms with Gasteiger partial charge in [0.2, 0.25) is 0 Å². The zero-order valence-electron chi connectivity index (χ0n) is 11.5. The summed E-state index contributed by atoms with van der Waals surface area (Å²) in [6, 6.07) is 5.17. The van der Waals surface area contributed by atoms with Crippen LogP contribution in [0.2, 0.25) is 0 Å². The van der Waals surface area contributed by atoms with Crippen molar-refractivity contribution in [2.24, 2.45) is 0 Å². The molecule has 0 aliphatic carbocycles. The van der Waals surface area contributed by atoms with Crippen LogP contribution < -0.4 is 10.1 Å². The number of halogens is 3. The van der Waals surface area contributed by atoms with Crippen LogP contribution in [0, 0.1) is 5.82 Å². The Balaban J connectivity index is 0.00000180. The van der Waals surface area contributed by atoms with Crippen LogP contribution in [-0.4, -0.2) is 38.2 Å². The predicted octanol–water partition coefficient (Wildman–Crippen LogP) is 2.81. The monoisotopic (exact) mass is 322 g/mol. The van der Waals surface area contributed by atoms with Crippen LogP contribution in [0.1, 0.15) is 11.6 Å². The second-order valence-corrected chi connectivity index (χ2v) is 4.36. The number of hydrogen-bond acceptors (Lipinski definition) is 3. The maximum Gasteiger partial charge on any atom is 0.165 e. The highest BCUT2D eigenvalue weighted by atomic mass is 35.5. The van der Waals surface area contributed by atoms with Crippen molar-refractivity contribution in [3.05, 3.63) is 42.2 Å². The van der Waals surface area contributed by atoms with Gasteiger partial charge in [0.1, 0.15) is 0 Å². The smallest absolute Gasteiger partial charge is 0.165 e. The van der Waals surface area contributed by atoms with Gasteiger partial charge in [-0.05, 0) is 17.7 Å². The summed E-state index contributed by atoms with van der Waals surface area (Å²) in [6.45, 7) is 7.69. The maximum absolute atomic E-state index is 13.7. The fourth-order valence-electron chi connectivity index (χ4n) is 2.32. The summed E-state index contributed by atoms with van der Waals surface area (Å²) in [7, 11) is 1.47. The largest absolute Gasteiger partial charge is 0.494 e. The second kappa shape index (κ2) is 9.19. The summed E-state index contributed by atoms with van der Waals surface area (Å²) in [6.07, 6.45) is 1.87. The first-order valence-electron chi connectivity index (χ1n) is 6.17. The Hall–Kier alpha value is -0.810. The number of ether oxygens (including phenoxy) is 1. The van der Waals surface area contributed by atoms with E-state index in [9.17, 15) is 4.39 Å². The molecule has 1 aliphatic heterocycles. The molecule has 0 unspecified atom stereocenters. The zero-order chi connectivity index (χ0) is 13.0. The molecule has 0 radical (unpaired) electrons. The van der Waals surface area contributed by atoms with Crippen LogP contribution in [0.4, 0.5) is 4.39 Å². The molecule has 0 aromatic heterocycles. The van der Waals surface area contributed by atoms with Gasteiger partial charge in [-0.2, -0.15) is 0 Å². The molecule has 1 N–H and O–H groups in total. The van der Waals surface area contributed by atoms with Crippen molar-refractivity contribution in [3.63, 3.8) is 0 Å². The molecule has 0 saturated carbocycles. The van der Waals surface area contributed by atoms with Crippen LogP contribution in [0.25, 0.3) is 0 Å². The van der Waals surface area contributed by atoms with E-state index >= 15 is 0 Å². The van der Waals surface area contributed by atoms with Crippen LogP contribution in [0.3, 0.4) is 0 Å². The van der Waals surface area contributed by atoms with E-state index in [2.05, 4.69) is 16.8 Å². The van der Waals surface area contributed by atoms with E-state index in [4.69, 9.17) is 4.74 Å². The minimum absolute atomic E-state index is 0. The summed E-state index contributed by atoms with van der Waals surface area (Å²) < 4.78 is 18.7. The maximum atomic E-state index is 13.7. The summed E-state index contributed by atoms with van der Waals surface area (Å²) in [5, 5.41) is 3.30. The normalized spacial score (nSPS) is 16.5. The third kappa shape index (κ3) is 4.35. The zero-order valence-corrected chi connectivity index (χ0v) is 13.1. The Morgan fingerprint density at radius 3 is 2.50 bits per heavy atom. The van der Waals surface area contributed by atoms with E-state index in [1.54, 1.807) is 6.07 Å². The third-order valence-electron chi connectivity index (χ3n) is 3.29. The molecule has 0 amide bonds. The summed E-state index contributed by atoms with van der Waals surface area (Å²) in [5.74, 6) is -0.0427. The first-order valence-corrected chi connectivity index (χ1v) is 6.17. The number of hydrogen-bond donors (Lipinski definition) is 1. The molecule has 3 nitrogen and oxygen atoms in total. The molecule has 20 heavy (non-hydrogen) atoms. The van der Waals surface area contributed by atoms with Crippen molar-refractivity contribution < 1.29 is 9.13 Å².